The molecule has 4 aromatic rings. The minimum Gasteiger partial charge on any atom is -0.342 e. The summed E-state index contributed by atoms with van der Waals surface area (Å²) in [7, 11) is 1.80. The molecule has 2 amide bonds. The Kier molecular flexibility index (Phi) is 7.84. The molecule has 2 N–H and O–H groups in total. The van der Waals surface area contributed by atoms with Crippen molar-refractivity contribution < 1.29 is 9.59 Å². The van der Waals surface area contributed by atoms with E-state index in [9.17, 15) is 9.59 Å². The smallest absolute Gasteiger partial charge is 0.253 e. The van der Waals surface area contributed by atoms with Gasteiger partial charge in [-0.1, -0.05) is 65.8 Å². The zero-order chi connectivity index (χ0) is 24.9. The highest BCUT2D eigenvalue weighted by Gasteiger charge is 2.20. The Morgan fingerprint density at radius 3 is 2.57 bits per heavy atom. The fourth-order valence-electron chi connectivity index (χ4n) is 3.41. The zero-order valence-corrected chi connectivity index (χ0v) is 21.7. The van der Waals surface area contributed by atoms with Gasteiger partial charge in [0.05, 0.1) is 28.1 Å². The molecule has 0 spiro atoms. The molecule has 0 aliphatic heterocycles. The molecule has 0 fully saturated rings. The van der Waals surface area contributed by atoms with Crippen LogP contribution < -0.4 is 10.6 Å². The first kappa shape index (κ1) is 24.9. The van der Waals surface area contributed by atoms with Crippen molar-refractivity contribution in [3.63, 3.8) is 0 Å². The summed E-state index contributed by atoms with van der Waals surface area (Å²) in [5.74, 6) is 0.226. The van der Waals surface area contributed by atoms with Crippen molar-refractivity contribution in [2.75, 3.05) is 11.1 Å². The SMILES string of the molecule is Cc1sc(NC(=O)CSc2nnc([C@@H](C)NC(=O)c3ccccc3Cl)n2C)nc1-c1ccccc1. The predicted octanol–water partition coefficient (Wildman–Crippen LogP) is 5.12. The van der Waals surface area contributed by atoms with Crippen LogP contribution in [0.25, 0.3) is 11.3 Å². The van der Waals surface area contributed by atoms with Crippen LogP contribution in [-0.4, -0.2) is 37.3 Å². The molecule has 0 aliphatic rings. The van der Waals surface area contributed by atoms with Crippen LogP contribution in [0.4, 0.5) is 5.13 Å². The van der Waals surface area contributed by atoms with Gasteiger partial charge in [-0.3, -0.25) is 9.59 Å². The normalized spacial score (nSPS) is 11.8. The number of anilines is 1. The summed E-state index contributed by atoms with van der Waals surface area (Å²) in [6.07, 6.45) is 0. The molecule has 2 aromatic heterocycles. The van der Waals surface area contributed by atoms with E-state index in [1.807, 2.05) is 44.2 Å². The van der Waals surface area contributed by atoms with Crippen LogP contribution in [0.5, 0.6) is 0 Å². The van der Waals surface area contributed by atoms with Gasteiger partial charge in [0.25, 0.3) is 5.91 Å². The number of halogens is 1. The maximum Gasteiger partial charge on any atom is 0.253 e. The van der Waals surface area contributed by atoms with Crippen molar-refractivity contribution in [1.29, 1.82) is 0 Å². The molecule has 2 aromatic carbocycles. The molecule has 4 rings (SSSR count). The summed E-state index contributed by atoms with van der Waals surface area (Å²) in [6.45, 7) is 3.80. The highest BCUT2D eigenvalue weighted by atomic mass is 35.5. The highest BCUT2D eigenvalue weighted by molar-refractivity contribution is 7.99. The van der Waals surface area contributed by atoms with Crippen molar-refractivity contribution >= 4 is 51.6 Å². The van der Waals surface area contributed by atoms with E-state index in [1.165, 1.54) is 23.1 Å². The van der Waals surface area contributed by atoms with Gasteiger partial charge in [0, 0.05) is 17.5 Å². The number of thioether (sulfide) groups is 1. The number of hydrogen-bond donors (Lipinski definition) is 2. The molecule has 180 valence electrons. The number of aromatic nitrogens is 4. The van der Waals surface area contributed by atoms with Gasteiger partial charge in [-0.25, -0.2) is 4.98 Å². The maximum absolute atomic E-state index is 12.6. The maximum atomic E-state index is 12.6. The summed E-state index contributed by atoms with van der Waals surface area (Å²) in [5, 5.41) is 15.6. The van der Waals surface area contributed by atoms with E-state index in [0.29, 0.717) is 26.7 Å². The molecule has 0 radical (unpaired) electrons. The predicted molar refractivity (Wildman–Crippen MR) is 140 cm³/mol. The first-order chi connectivity index (χ1) is 16.8. The summed E-state index contributed by atoms with van der Waals surface area (Å²) in [4.78, 5) is 30.7. The van der Waals surface area contributed by atoms with E-state index in [-0.39, 0.29) is 17.6 Å². The Hall–Kier alpha value is -3.21. The Bertz CT molecular complexity index is 1360. The van der Waals surface area contributed by atoms with Crippen molar-refractivity contribution in [3.8, 4) is 11.3 Å². The first-order valence-electron chi connectivity index (χ1n) is 10.7. The van der Waals surface area contributed by atoms with E-state index in [2.05, 4.69) is 25.8 Å². The zero-order valence-electron chi connectivity index (χ0n) is 19.3. The van der Waals surface area contributed by atoms with Crippen LogP contribution in [0, 0.1) is 6.92 Å². The van der Waals surface area contributed by atoms with Gasteiger partial charge in [0.15, 0.2) is 16.1 Å². The van der Waals surface area contributed by atoms with Crippen LogP contribution in [0.1, 0.15) is 34.0 Å². The number of hydrogen-bond acceptors (Lipinski definition) is 7. The van der Waals surface area contributed by atoms with Crippen molar-refractivity contribution in [3.05, 3.63) is 75.9 Å². The minimum absolute atomic E-state index is 0.144. The van der Waals surface area contributed by atoms with Crippen LogP contribution in [0.3, 0.4) is 0 Å². The van der Waals surface area contributed by atoms with E-state index >= 15 is 0 Å². The molecule has 2 heterocycles. The van der Waals surface area contributed by atoms with Crippen molar-refractivity contribution in [2.24, 2.45) is 7.05 Å². The fraction of sp³-hybridized carbons (Fsp3) is 0.208. The topological polar surface area (TPSA) is 102 Å². The van der Waals surface area contributed by atoms with Gasteiger partial charge >= 0.3 is 0 Å². The third-order valence-corrected chi connectivity index (χ3v) is 7.38. The number of carbonyl (C=O) groups is 2. The molecule has 0 aliphatic carbocycles. The van der Waals surface area contributed by atoms with Crippen LogP contribution in [-0.2, 0) is 11.8 Å². The summed E-state index contributed by atoms with van der Waals surface area (Å²) < 4.78 is 1.76. The van der Waals surface area contributed by atoms with Crippen molar-refractivity contribution in [1.82, 2.24) is 25.1 Å². The monoisotopic (exact) mass is 526 g/mol. The molecule has 1 atom stereocenters. The van der Waals surface area contributed by atoms with Gasteiger partial charge in [-0.15, -0.1) is 21.5 Å². The Morgan fingerprint density at radius 1 is 1.11 bits per heavy atom. The molecule has 35 heavy (non-hydrogen) atoms. The number of nitrogens with one attached hydrogen (secondary N) is 2. The molecule has 11 heteroatoms. The summed E-state index contributed by atoms with van der Waals surface area (Å²) >= 11 is 8.81. The van der Waals surface area contributed by atoms with Gasteiger partial charge < -0.3 is 15.2 Å². The second kappa shape index (κ2) is 11.0. The molecular formula is C24H23ClN6O2S2. The summed E-state index contributed by atoms with van der Waals surface area (Å²) in [5.41, 5.74) is 2.27. The quantitative estimate of drug-likeness (QED) is 0.309. The number of amides is 2. The fourth-order valence-corrected chi connectivity index (χ4v) is 5.20. The Balaban J connectivity index is 1.34. The second-order valence-corrected chi connectivity index (χ2v) is 10.3. The minimum atomic E-state index is -0.408. The van der Waals surface area contributed by atoms with Crippen LogP contribution in [0.2, 0.25) is 5.02 Å². The molecule has 0 unspecified atom stereocenters. The van der Waals surface area contributed by atoms with Gasteiger partial charge in [0.2, 0.25) is 5.91 Å². The third-order valence-electron chi connectivity index (χ3n) is 5.14. The van der Waals surface area contributed by atoms with E-state index < -0.39 is 6.04 Å². The van der Waals surface area contributed by atoms with Gasteiger partial charge in [-0.05, 0) is 26.0 Å². The average Bonchev–Trinajstić information content (AvgIpc) is 3.40. The van der Waals surface area contributed by atoms with Crippen LogP contribution in [0.15, 0.2) is 59.8 Å². The number of rotatable bonds is 8. The number of nitrogens with zero attached hydrogens (tertiary/aromatic N) is 4. The Morgan fingerprint density at radius 2 is 1.83 bits per heavy atom. The van der Waals surface area contributed by atoms with E-state index in [0.717, 1.165) is 16.1 Å². The average molecular weight is 527 g/mol. The van der Waals surface area contributed by atoms with Crippen molar-refractivity contribution in [2.45, 2.75) is 25.0 Å². The Labute approximate surface area is 216 Å². The lowest BCUT2D eigenvalue weighted by Gasteiger charge is -2.14. The first-order valence-corrected chi connectivity index (χ1v) is 12.9. The van der Waals surface area contributed by atoms with Gasteiger partial charge in [-0.2, -0.15) is 0 Å². The molecule has 0 saturated carbocycles. The lowest BCUT2D eigenvalue weighted by Crippen LogP contribution is -2.28. The molecule has 0 saturated heterocycles. The highest BCUT2D eigenvalue weighted by Crippen LogP contribution is 2.30. The number of thiazole rings is 1. The second-order valence-electron chi connectivity index (χ2n) is 7.70. The molecule has 8 nitrogen and oxygen atoms in total. The largest absolute Gasteiger partial charge is 0.342 e. The molecule has 0 bridgehead atoms. The van der Waals surface area contributed by atoms with E-state index in [4.69, 9.17) is 11.6 Å². The number of benzene rings is 2. The lowest BCUT2D eigenvalue weighted by molar-refractivity contribution is -0.113. The van der Waals surface area contributed by atoms with Gasteiger partial charge in [0.1, 0.15) is 0 Å². The molecular weight excluding hydrogens is 504 g/mol. The third kappa shape index (κ3) is 5.90. The van der Waals surface area contributed by atoms with Crippen LogP contribution >= 0.6 is 34.7 Å². The number of aryl methyl sites for hydroxylation is 1. The standard InChI is InChI=1S/C24H23ClN6O2S2/c1-14(26-22(33)17-11-7-8-12-18(17)25)21-29-30-24(31(21)3)34-13-19(32)27-23-28-20(15(2)35-23)16-9-5-4-6-10-16/h4-12,14H,13H2,1-3H3,(H,26,33)(H,27,28,32)/t14-/m1/s1. The number of carbonyl (C=O) groups excluding carboxylic acids is 2. The summed E-state index contributed by atoms with van der Waals surface area (Å²) in [6, 6.07) is 16.3. The lowest BCUT2D eigenvalue weighted by atomic mass is 10.1. The van der Waals surface area contributed by atoms with E-state index in [1.54, 1.807) is 35.9 Å².